The summed E-state index contributed by atoms with van der Waals surface area (Å²) in [7, 11) is 0. The average molecular weight is 273 g/mol. The van der Waals surface area contributed by atoms with Crippen LogP contribution in [0.5, 0.6) is 0 Å². The molecule has 1 aliphatic rings. The minimum Gasteiger partial charge on any atom is -0.355 e. The fourth-order valence-corrected chi connectivity index (χ4v) is 1.97. The van der Waals surface area contributed by atoms with E-state index in [1.165, 1.54) is 0 Å². The molecule has 1 aromatic rings. The Kier molecular flexibility index (Phi) is 3.54. The molecule has 1 unspecified atom stereocenters. The normalized spacial score (nSPS) is 18.9. The first-order valence-corrected chi connectivity index (χ1v) is 5.85. The lowest BCUT2D eigenvalue weighted by Gasteiger charge is -2.11. The van der Waals surface area contributed by atoms with Crippen LogP contribution in [0.1, 0.15) is 6.42 Å². The van der Waals surface area contributed by atoms with Crippen LogP contribution in [0.4, 0.5) is 5.69 Å². The molecular formula is C11H10Cl2N2O2. The lowest BCUT2D eigenvalue weighted by Crippen LogP contribution is -2.24. The van der Waals surface area contributed by atoms with Crippen LogP contribution in [0.25, 0.3) is 0 Å². The largest absolute Gasteiger partial charge is 0.355 e. The molecule has 6 heteroatoms. The Labute approximate surface area is 108 Å². The van der Waals surface area contributed by atoms with Crippen molar-refractivity contribution < 1.29 is 9.59 Å². The third-order valence-electron chi connectivity index (χ3n) is 2.56. The third-order valence-corrected chi connectivity index (χ3v) is 3.38. The number of hydrogen-bond donors (Lipinski definition) is 2. The lowest BCUT2D eigenvalue weighted by atomic mass is 10.1. The Bertz CT molecular complexity index is 477. The maximum atomic E-state index is 11.8. The number of nitrogens with one attached hydrogen (secondary N) is 2. The van der Waals surface area contributed by atoms with E-state index in [-0.39, 0.29) is 24.2 Å². The molecule has 1 saturated heterocycles. The molecule has 0 spiro atoms. The molecule has 1 atom stereocenters. The van der Waals surface area contributed by atoms with Crippen LogP contribution in [-0.4, -0.2) is 18.4 Å². The smallest absolute Gasteiger partial charge is 0.229 e. The highest BCUT2D eigenvalue weighted by molar-refractivity contribution is 6.44. The molecule has 0 aromatic heterocycles. The molecule has 2 amide bonds. The molecule has 17 heavy (non-hydrogen) atoms. The standard InChI is InChI=1S/C11H10Cl2N2O2/c12-7-2-1-3-8(10(7)13)15-11(17)6-4-9(16)14-5-6/h1-3,6H,4-5H2,(H,14,16)(H,15,17). The maximum Gasteiger partial charge on any atom is 0.229 e. The van der Waals surface area contributed by atoms with Crippen LogP contribution in [0.2, 0.25) is 10.0 Å². The van der Waals surface area contributed by atoms with Crippen molar-refractivity contribution in [2.45, 2.75) is 6.42 Å². The van der Waals surface area contributed by atoms with Crippen molar-refractivity contribution in [3.05, 3.63) is 28.2 Å². The summed E-state index contributed by atoms with van der Waals surface area (Å²) in [5, 5.41) is 5.95. The van der Waals surface area contributed by atoms with Gasteiger partial charge >= 0.3 is 0 Å². The minimum atomic E-state index is -0.349. The average Bonchev–Trinajstić information content (AvgIpc) is 2.72. The van der Waals surface area contributed by atoms with Gasteiger partial charge in [-0.05, 0) is 12.1 Å². The summed E-state index contributed by atoms with van der Waals surface area (Å²) >= 11 is 11.8. The van der Waals surface area contributed by atoms with Gasteiger partial charge < -0.3 is 10.6 Å². The van der Waals surface area contributed by atoms with E-state index in [1.54, 1.807) is 18.2 Å². The second-order valence-corrected chi connectivity index (χ2v) is 4.58. The van der Waals surface area contributed by atoms with Crippen molar-refractivity contribution in [2.75, 3.05) is 11.9 Å². The number of anilines is 1. The number of carbonyl (C=O) groups is 2. The van der Waals surface area contributed by atoms with E-state index in [0.29, 0.717) is 22.3 Å². The predicted octanol–water partition coefficient (Wildman–Crippen LogP) is 2.07. The van der Waals surface area contributed by atoms with E-state index in [9.17, 15) is 9.59 Å². The summed E-state index contributed by atoms with van der Waals surface area (Å²) < 4.78 is 0. The van der Waals surface area contributed by atoms with Crippen molar-refractivity contribution in [2.24, 2.45) is 5.92 Å². The first kappa shape index (κ1) is 12.2. The molecule has 0 saturated carbocycles. The Morgan fingerprint density at radius 2 is 2.18 bits per heavy atom. The molecular weight excluding hydrogens is 263 g/mol. The lowest BCUT2D eigenvalue weighted by molar-refractivity contribution is -0.123. The highest BCUT2D eigenvalue weighted by atomic mass is 35.5. The fraction of sp³-hybridized carbons (Fsp3) is 0.273. The highest BCUT2D eigenvalue weighted by Gasteiger charge is 2.28. The Hall–Kier alpha value is -1.26. The molecule has 0 bridgehead atoms. The highest BCUT2D eigenvalue weighted by Crippen LogP contribution is 2.30. The van der Waals surface area contributed by atoms with E-state index < -0.39 is 0 Å². The van der Waals surface area contributed by atoms with Crippen LogP contribution in [0.3, 0.4) is 0 Å². The molecule has 0 radical (unpaired) electrons. The number of benzene rings is 1. The van der Waals surface area contributed by atoms with Gasteiger partial charge in [0.15, 0.2) is 0 Å². The summed E-state index contributed by atoms with van der Waals surface area (Å²) in [6.45, 7) is 0.364. The number of hydrogen-bond acceptors (Lipinski definition) is 2. The van der Waals surface area contributed by atoms with E-state index >= 15 is 0 Å². The Morgan fingerprint density at radius 1 is 1.41 bits per heavy atom. The molecule has 90 valence electrons. The zero-order valence-electron chi connectivity index (χ0n) is 8.80. The second-order valence-electron chi connectivity index (χ2n) is 3.80. The van der Waals surface area contributed by atoms with Gasteiger partial charge in [0.1, 0.15) is 0 Å². The van der Waals surface area contributed by atoms with Crippen molar-refractivity contribution in [3.8, 4) is 0 Å². The number of halogens is 2. The molecule has 0 aliphatic carbocycles. The van der Waals surface area contributed by atoms with E-state index in [1.807, 2.05) is 0 Å². The number of rotatable bonds is 2. The van der Waals surface area contributed by atoms with Gasteiger partial charge in [-0.2, -0.15) is 0 Å². The monoisotopic (exact) mass is 272 g/mol. The van der Waals surface area contributed by atoms with Crippen LogP contribution >= 0.6 is 23.2 Å². The van der Waals surface area contributed by atoms with Gasteiger partial charge in [0.2, 0.25) is 11.8 Å². The molecule has 1 fully saturated rings. The quantitative estimate of drug-likeness (QED) is 0.866. The topological polar surface area (TPSA) is 58.2 Å². The Balaban J connectivity index is 2.08. The summed E-state index contributed by atoms with van der Waals surface area (Å²) in [5.74, 6) is -0.688. The SMILES string of the molecule is O=C1CC(C(=O)Nc2cccc(Cl)c2Cl)CN1. The fourth-order valence-electron chi connectivity index (χ4n) is 1.63. The van der Waals surface area contributed by atoms with Crippen molar-refractivity contribution in [3.63, 3.8) is 0 Å². The first-order chi connectivity index (χ1) is 8.08. The summed E-state index contributed by atoms with van der Waals surface area (Å²) in [6, 6.07) is 5.00. The van der Waals surface area contributed by atoms with Crippen molar-refractivity contribution in [1.82, 2.24) is 5.32 Å². The van der Waals surface area contributed by atoms with Crippen LogP contribution in [-0.2, 0) is 9.59 Å². The van der Waals surface area contributed by atoms with Crippen molar-refractivity contribution >= 4 is 40.7 Å². The van der Waals surface area contributed by atoms with E-state index in [4.69, 9.17) is 23.2 Å². The number of carbonyl (C=O) groups excluding carboxylic acids is 2. The maximum absolute atomic E-state index is 11.8. The molecule has 4 nitrogen and oxygen atoms in total. The second kappa shape index (κ2) is 4.94. The molecule has 1 aliphatic heterocycles. The number of amides is 2. The molecule has 1 heterocycles. The van der Waals surface area contributed by atoms with Gasteiger partial charge in [-0.1, -0.05) is 29.3 Å². The van der Waals surface area contributed by atoms with Gasteiger partial charge in [0.25, 0.3) is 0 Å². The molecule has 2 N–H and O–H groups in total. The molecule has 1 aromatic carbocycles. The van der Waals surface area contributed by atoms with E-state index in [0.717, 1.165) is 0 Å². The van der Waals surface area contributed by atoms with Crippen LogP contribution < -0.4 is 10.6 Å². The van der Waals surface area contributed by atoms with Gasteiger partial charge in [-0.15, -0.1) is 0 Å². The van der Waals surface area contributed by atoms with E-state index in [2.05, 4.69) is 10.6 Å². The first-order valence-electron chi connectivity index (χ1n) is 5.09. The summed E-state index contributed by atoms with van der Waals surface area (Å²) in [6.07, 6.45) is 0.212. The molecule has 2 rings (SSSR count). The van der Waals surface area contributed by atoms with Gasteiger partial charge in [0, 0.05) is 13.0 Å². The predicted molar refractivity (Wildman–Crippen MR) is 66.2 cm³/mol. The Morgan fingerprint density at radius 3 is 2.82 bits per heavy atom. The van der Waals surface area contributed by atoms with Crippen LogP contribution in [0.15, 0.2) is 18.2 Å². The summed E-state index contributed by atoms with van der Waals surface area (Å²) in [4.78, 5) is 22.8. The minimum absolute atomic E-state index is 0.109. The summed E-state index contributed by atoms with van der Waals surface area (Å²) in [5.41, 5.74) is 0.462. The van der Waals surface area contributed by atoms with Gasteiger partial charge in [-0.3, -0.25) is 9.59 Å². The zero-order chi connectivity index (χ0) is 12.4. The van der Waals surface area contributed by atoms with Gasteiger partial charge in [-0.25, -0.2) is 0 Å². The van der Waals surface area contributed by atoms with Crippen molar-refractivity contribution in [1.29, 1.82) is 0 Å². The van der Waals surface area contributed by atoms with Crippen LogP contribution in [0, 0.1) is 5.92 Å². The van der Waals surface area contributed by atoms with Gasteiger partial charge in [0.05, 0.1) is 21.7 Å². The third kappa shape index (κ3) is 2.70. The zero-order valence-corrected chi connectivity index (χ0v) is 10.3.